The molecular formula is C40H31Cl2F3N4O6. The average molecular weight is 792 g/mol. The molecule has 4 amide bonds. The van der Waals surface area contributed by atoms with Crippen molar-refractivity contribution in [3.8, 4) is 11.5 Å². The Hall–Kier alpha value is -5.40. The lowest BCUT2D eigenvalue weighted by atomic mass is 9.49. The third-order valence-corrected chi connectivity index (χ3v) is 11.9. The molecule has 2 aliphatic heterocycles. The van der Waals surface area contributed by atoms with Gasteiger partial charge in [0.15, 0.2) is 5.82 Å². The Balaban J connectivity index is 1.30. The normalized spacial score (nSPS) is 26.1. The third-order valence-electron chi connectivity index (χ3n) is 11.4. The number of rotatable bonds is 7. The van der Waals surface area contributed by atoms with Crippen molar-refractivity contribution in [3.63, 3.8) is 0 Å². The number of allylic oxidation sites excluding steroid dienone is 2. The van der Waals surface area contributed by atoms with Gasteiger partial charge >= 0.3 is 6.18 Å². The minimum absolute atomic E-state index is 0.0574. The molecule has 0 unspecified atom stereocenters. The molecule has 3 heterocycles. The van der Waals surface area contributed by atoms with Gasteiger partial charge in [0.2, 0.25) is 11.8 Å². The molecule has 0 spiro atoms. The van der Waals surface area contributed by atoms with Crippen LogP contribution in [0, 0.1) is 23.7 Å². The highest BCUT2D eigenvalue weighted by Gasteiger charge is 2.70. The largest absolute Gasteiger partial charge is 0.508 e. The van der Waals surface area contributed by atoms with Crippen LogP contribution in [0.25, 0.3) is 0 Å². The van der Waals surface area contributed by atoms with Crippen molar-refractivity contribution in [1.29, 1.82) is 0 Å². The van der Waals surface area contributed by atoms with Gasteiger partial charge in [0.05, 0.1) is 47.4 Å². The molecule has 3 aromatic carbocycles. The number of phenols is 1. The first-order valence-electron chi connectivity index (χ1n) is 17.4. The quantitative estimate of drug-likeness (QED) is 0.147. The fraction of sp³-hybridized carbons (Fsp3) is 0.275. The molecule has 4 aliphatic rings. The van der Waals surface area contributed by atoms with Crippen molar-refractivity contribution in [2.24, 2.45) is 23.7 Å². The first kappa shape index (κ1) is 36.6. The molecule has 282 valence electrons. The van der Waals surface area contributed by atoms with E-state index in [2.05, 4.69) is 10.4 Å². The van der Waals surface area contributed by atoms with Crippen LogP contribution in [0.15, 0.2) is 96.7 Å². The molecule has 3 fully saturated rings. The molecule has 8 rings (SSSR count). The predicted octanol–water partition coefficient (Wildman–Crippen LogP) is 7.31. The van der Waals surface area contributed by atoms with Crippen molar-refractivity contribution in [3.05, 3.63) is 129 Å². The van der Waals surface area contributed by atoms with Gasteiger partial charge in [-0.15, -0.1) is 0 Å². The number of phenolic OH excluding ortho intramolecular Hbond substituents is 1. The van der Waals surface area contributed by atoms with Gasteiger partial charge in [-0.3, -0.25) is 29.5 Å². The Kier molecular flexibility index (Phi) is 8.92. The zero-order valence-corrected chi connectivity index (χ0v) is 30.4. The van der Waals surface area contributed by atoms with E-state index in [-0.39, 0.29) is 42.4 Å². The first-order chi connectivity index (χ1) is 26.2. The first-order valence-corrected chi connectivity index (χ1v) is 18.1. The maximum absolute atomic E-state index is 15.3. The maximum Gasteiger partial charge on any atom is 0.417 e. The molecule has 15 heteroatoms. The number of likely N-dealkylation sites (tertiary alicyclic amines) is 1. The van der Waals surface area contributed by atoms with Crippen molar-refractivity contribution in [2.75, 3.05) is 12.5 Å². The molecule has 55 heavy (non-hydrogen) atoms. The number of nitrogens with one attached hydrogen (secondary N) is 1. The lowest BCUT2D eigenvalue weighted by Gasteiger charge is -2.50. The third kappa shape index (κ3) is 5.74. The highest BCUT2D eigenvalue weighted by Crippen LogP contribution is 2.65. The number of fused-ring (bicyclic) bond motifs is 4. The molecular weight excluding hydrogens is 760 g/mol. The van der Waals surface area contributed by atoms with E-state index >= 15 is 4.79 Å². The summed E-state index contributed by atoms with van der Waals surface area (Å²) in [4.78, 5) is 63.5. The standard InChI is InChI=1S/C40H31Cl2F3N4O6/c1-55-24-11-12-26(31(50)16-24)33-25-13-14-27-32(37(53)48(35(27)51)19-20-5-3-2-4-6-20)28(25)17-29-36(52)49(38(54)39(29,33)21-7-9-23(41)10-8-21)47-34-30(42)15-22(18-46-34)40(43,44)45/h2-13,15-16,18,27-29,32-33,50H,14,17,19H2,1H3,(H,46,47)/t27-,28+,29-,32-,33+,39+/m0/s1. The number of imide groups is 2. The number of benzene rings is 3. The molecule has 0 radical (unpaired) electrons. The van der Waals surface area contributed by atoms with Crippen LogP contribution in [0.2, 0.25) is 10.0 Å². The minimum atomic E-state index is -4.76. The molecule has 2 N–H and O–H groups in total. The van der Waals surface area contributed by atoms with Gasteiger partial charge in [-0.25, -0.2) is 4.98 Å². The maximum atomic E-state index is 15.3. The van der Waals surface area contributed by atoms with Crippen LogP contribution in [-0.4, -0.2) is 50.7 Å². The number of aromatic hydroxyl groups is 1. The summed E-state index contributed by atoms with van der Waals surface area (Å²) in [7, 11) is 1.42. The van der Waals surface area contributed by atoms with Gasteiger partial charge in [-0.2, -0.15) is 18.2 Å². The van der Waals surface area contributed by atoms with Gasteiger partial charge < -0.3 is 9.84 Å². The van der Waals surface area contributed by atoms with E-state index in [1.807, 2.05) is 36.4 Å². The van der Waals surface area contributed by atoms with Crippen molar-refractivity contribution in [2.45, 2.75) is 36.9 Å². The predicted molar refractivity (Wildman–Crippen MR) is 194 cm³/mol. The fourth-order valence-electron chi connectivity index (χ4n) is 9.01. The van der Waals surface area contributed by atoms with Gasteiger partial charge in [0.1, 0.15) is 11.5 Å². The summed E-state index contributed by atoms with van der Waals surface area (Å²) in [6.45, 7) is 0.0599. The van der Waals surface area contributed by atoms with Crippen LogP contribution < -0.4 is 10.2 Å². The molecule has 2 saturated heterocycles. The van der Waals surface area contributed by atoms with Gasteiger partial charge in [-0.1, -0.05) is 83.4 Å². The zero-order valence-electron chi connectivity index (χ0n) is 28.9. The van der Waals surface area contributed by atoms with E-state index < -0.39 is 69.5 Å². The highest BCUT2D eigenvalue weighted by molar-refractivity contribution is 6.33. The van der Waals surface area contributed by atoms with Crippen LogP contribution in [0.4, 0.5) is 19.0 Å². The van der Waals surface area contributed by atoms with Crippen LogP contribution in [0.5, 0.6) is 11.5 Å². The van der Waals surface area contributed by atoms with E-state index in [9.17, 15) is 32.7 Å². The summed E-state index contributed by atoms with van der Waals surface area (Å²) < 4.78 is 45.8. The fourth-order valence-corrected chi connectivity index (χ4v) is 9.34. The smallest absolute Gasteiger partial charge is 0.417 e. The Labute approximate surface area is 322 Å². The second-order valence-electron chi connectivity index (χ2n) is 14.1. The number of methoxy groups -OCH3 is 1. The number of pyridine rings is 1. The number of anilines is 1. The summed E-state index contributed by atoms with van der Waals surface area (Å²) in [6, 6.07) is 20.6. The number of aromatic nitrogens is 1. The number of halogens is 5. The second kappa shape index (κ2) is 13.4. The van der Waals surface area contributed by atoms with E-state index in [4.69, 9.17) is 27.9 Å². The molecule has 2 aliphatic carbocycles. The Morgan fingerprint density at radius 3 is 2.33 bits per heavy atom. The second-order valence-corrected chi connectivity index (χ2v) is 14.9. The van der Waals surface area contributed by atoms with Gasteiger partial charge in [0.25, 0.3) is 11.8 Å². The van der Waals surface area contributed by atoms with Crippen molar-refractivity contribution >= 4 is 52.6 Å². The van der Waals surface area contributed by atoms with E-state index in [0.717, 1.165) is 5.56 Å². The van der Waals surface area contributed by atoms with E-state index in [1.165, 1.54) is 18.1 Å². The number of ether oxygens (including phenoxy) is 1. The summed E-state index contributed by atoms with van der Waals surface area (Å²) >= 11 is 12.6. The zero-order chi connectivity index (χ0) is 39.0. The molecule has 4 aromatic rings. The lowest BCUT2D eigenvalue weighted by molar-refractivity contribution is -0.142. The topological polar surface area (TPSA) is 129 Å². The SMILES string of the molecule is COc1ccc([C@H]2C3=CC[C@@H]4C(=O)N(Cc5ccccc5)C(=O)[C@@H]4[C@@H]3C[C@H]3C(=O)N(Nc4ncc(C(F)(F)F)cc4Cl)C(=O)[C@@]23c2ccc(Cl)cc2)c(O)c1. The van der Waals surface area contributed by atoms with E-state index in [1.54, 1.807) is 36.4 Å². The summed E-state index contributed by atoms with van der Waals surface area (Å²) in [5.74, 6) is -7.27. The Bertz CT molecular complexity index is 2290. The van der Waals surface area contributed by atoms with Crippen LogP contribution in [-0.2, 0) is 37.3 Å². The molecule has 0 bridgehead atoms. The Morgan fingerprint density at radius 2 is 1.67 bits per heavy atom. The van der Waals surface area contributed by atoms with Crippen molar-refractivity contribution in [1.82, 2.24) is 14.9 Å². The molecule has 1 saturated carbocycles. The lowest BCUT2D eigenvalue weighted by Crippen LogP contribution is -2.53. The molecule has 10 nitrogen and oxygen atoms in total. The van der Waals surface area contributed by atoms with E-state index in [0.29, 0.717) is 39.2 Å². The number of alkyl halides is 3. The number of amides is 4. The monoisotopic (exact) mass is 790 g/mol. The summed E-state index contributed by atoms with van der Waals surface area (Å²) in [5, 5.41) is 12.2. The summed E-state index contributed by atoms with van der Waals surface area (Å²) in [6.07, 6.45) is -2.28. The van der Waals surface area contributed by atoms with Gasteiger partial charge in [0, 0.05) is 28.8 Å². The number of nitrogens with zero attached hydrogens (tertiary/aromatic N) is 3. The number of carbonyl (C=O) groups is 4. The van der Waals surface area contributed by atoms with Crippen LogP contribution in [0.3, 0.4) is 0 Å². The van der Waals surface area contributed by atoms with Crippen LogP contribution in [0.1, 0.15) is 41.0 Å². The Morgan fingerprint density at radius 1 is 0.945 bits per heavy atom. The van der Waals surface area contributed by atoms with Gasteiger partial charge in [-0.05, 0) is 54.2 Å². The number of carbonyl (C=O) groups excluding carboxylic acids is 4. The summed E-state index contributed by atoms with van der Waals surface area (Å²) in [5.41, 5.74) is 1.62. The average Bonchev–Trinajstić information content (AvgIpc) is 3.53. The molecule has 6 atom stereocenters. The minimum Gasteiger partial charge on any atom is -0.508 e. The number of hydrogen-bond acceptors (Lipinski definition) is 8. The molecule has 1 aromatic heterocycles. The highest BCUT2D eigenvalue weighted by atomic mass is 35.5. The number of hydrazine groups is 1. The van der Waals surface area contributed by atoms with Crippen LogP contribution >= 0.6 is 23.2 Å². The van der Waals surface area contributed by atoms with Crippen molar-refractivity contribution < 1.29 is 42.2 Å². The number of hydrogen-bond donors (Lipinski definition) is 2.